The summed E-state index contributed by atoms with van der Waals surface area (Å²) in [5.41, 5.74) is 1.10. The second-order valence-electron chi connectivity index (χ2n) is 3.96. The predicted molar refractivity (Wildman–Crippen MR) is 67.5 cm³/mol. The van der Waals surface area contributed by atoms with Gasteiger partial charge in [-0.15, -0.1) is 0 Å². The minimum Gasteiger partial charge on any atom is -1.00 e. The minimum atomic E-state index is -0.440. The first-order valence-electron chi connectivity index (χ1n) is 6.04. The number of amides is 1. The molecule has 18 heavy (non-hydrogen) atoms. The van der Waals surface area contributed by atoms with Gasteiger partial charge in [-0.05, 0) is 25.0 Å². The lowest BCUT2D eigenvalue weighted by Crippen LogP contribution is -3.00. The number of quaternary nitrogens is 1. The van der Waals surface area contributed by atoms with Gasteiger partial charge in [-0.1, -0.05) is 19.9 Å². The van der Waals surface area contributed by atoms with Crippen molar-refractivity contribution in [3.8, 4) is 5.75 Å². The van der Waals surface area contributed by atoms with Gasteiger partial charge in [-0.2, -0.15) is 0 Å². The lowest BCUT2D eigenvalue weighted by molar-refractivity contribution is -0.611. The summed E-state index contributed by atoms with van der Waals surface area (Å²) in [5, 5.41) is 4.64. The van der Waals surface area contributed by atoms with Crippen LogP contribution in [0.5, 0.6) is 5.75 Å². The molecular formula is C13H21ClN2O2. The van der Waals surface area contributed by atoms with E-state index in [1.165, 1.54) is 0 Å². The topological polar surface area (TPSA) is 54.9 Å². The summed E-state index contributed by atoms with van der Waals surface area (Å²) >= 11 is 0. The summed E-state index contributed by atoms with van der Waals surface area (Å²) in [6, 6.07) is 8.15. The molecule has 0 radical (unpaired) electrons. The molecule has 0 saturated heterocycles. The van der Waals surface area contributed by atoms with E-state index in [1.54, 1.807) is 13.1 Å². The lowest BCUT2D eigenvalue weighted by atomic mass is 10.1. The molecular weight excluding hydrogens is 252 g/mol. The number of benzene rings is 1. The Morgan fingerprint density at radius 2 is 2.06 bits per heavy atom. The average Bonchev–Trinajstić information content (AvgIpc) is 2.36. The molecule has 1 amide bonds. The summed E-state index contributed by atoms with van der Waals surface area (Å²) in [4.78, 5) is 11.1. The molecule has 5 heteroatoms. The Labute approximate surface area is 115 Å². The predicted octanol–water partition coefficient (Wildman–Crippen LogP) is -1.21. The molecule has 0 aliphatic heterocycles. The zero-order valence-electron chi connectivity index (χ0n) is 11.1. The second-order valence-corrected chi connectivity index (χ2v) is 3.96. The van der Waals surface area contributed by atoms with E-state index in [0.29, 0.717) is 11.8 Å². The molecule has 0 aliphatic rings. The summed E-state index contributed by atoms with van der Waals surface area (Å²) in [6.45, 7) is 4.35. The Bertz CT molecular complexity index is 368. The van der Waals surface area contributed by atoms with Gasteiger partial charge in [0.05, 0.1) is 6.04 Å². The van der Waals surface area contributed by atoms with Gasteiger partial charge in [0.25, 0.3) is 0 Å². The Hall–Kier alpha value is -1.26. The number of rotatable bonds is 5. The second kappa shape index (κ2) is 8.78. The molecule has 0 heterocycles. The largest absolute Gasteiger partial charge is 1.00 e. The Kier molecular flexibility index (Phi) is 8.16. The summed E-state index contributed by atoms with van der Waals surface area (Å²) < 4.78 is 5.08. The van der Waals surface area contributed by atoms with E-state index in [2.05, 4.69) is 24.5 Å². The molecule has 1 aromatic carbocycles. The number of ether oxygens (including phenoxy) is 1. The molecule has 0 unspecified atom stereocenters. The van der Waals surface area contributed by atoms with Crippen LogP contribution >= 0.6 is 0 Å². The van der Waals surface area contributed by atoms with Gasteiger partial charge in [0.2, 0.25) is 0 Å². The quantitative estimate of drug-likeness (QED) is 0.661. The normalized spacial score (nSPS) is 9.78. The fourth-order valence-electron chi connectivity index (χ4n) is 1.64. The first-order valence-corrected chi connectivity index (χ1v) is 6.04. The number of hydrogen-bond acceptors (Lipinski definition) is 2. The maximum absolute atomic E-state index is 11.1. The fourth-order valence-corrected chi connectivity index (χ4v) is 1.64. The molecule has 3 N–H and O–H groups in total. The zero-order chi connectivity index (χ0) is 12.7. The molecule has 1 rings (SSSR count). The molecule has 0 spiro atoms. The van der Waals surface area contributed by atoms with Crippen LogP contribution in [-0.4, -0.2) is 19.2 Å². The molecule has 0 atom stereocenters. The highest BCUT2D eigenvalue weighted by Crippen LogP contribution is 2.14. The van der Waals surface area contributed by atoms with Crippen molar-refractivity contribution in [1.29, 1.82) is 0 Å². The third-order valence-corrected chi connectivity index (χ3v) is 2.75. The molecule has 102 valence electrons. The molecule has 4 nitrogen and oxygen atoms in total. The standard InChI is InChI=1S/C13H20N2O2.ClH/c1-4-10(5-2)15-11-7-6-8-12(9-11)17-13(16)14-3;/h6-10,15H,4-5H2,1-3H3,(H,14,16);1H. The van der Waals surface area contributed by atoms with Crippen LogP contribution in [0, 0.1) is 0 Å². The van der Waals surface area contributed by atoms with E-state index in [1.807, 2.05) is 18.2 Å². The number of halogens is 1. The molecule has 0 fully saturated rings. The van der Waals surface area contributed by atoms with E-state index in [4.69, 9.17) is 4.74 Å². The van der Waals surface area contributed by atoms with E-state index < -0.39 is 6.09 Å². The Balaban J connectivity index is 0.00000289. The third kappa shape index (κ3) is 5.38. The minimum absolute atomic E-state index is 0. The highest BCUT2D eigenvalue weighted by atomic mass is 35.5. The number of carbonyl (C=O) groups excluding carboxylic acids is 1. The maximum Gasteiger partial charge on any atom is 0.412 e. The van der Waals surface area contributed by atoms with Crippen LogP contribution < -0.4 is 27.8 Å². The average molecular weight is 273 g/mol. The van der Waals surface area contributed by atoms with E-state index >= 15 is 0 Å². The first-order chi connectivity index (χ1) is 8.19. The van der Waals surface area contributed by atoms with Gasteiger partial charge < -0.3 is 27.8 Å². The van der Waals surface area contributed by atoms with E-state index in [-0.39, 0.29) is 12.4 Å². The molecule has 1 aromatic rings. The molecule has 0 bridgehead atoms. The number of hydrogen-bond donors (Lipinski definition) is 2. The number of carbonyl (C=O) groups is 1. The summed E-state index contributed by atoms with van der Waals surface area (Å²) in [5.74, 6) is 0.573. The molecule has 0 saturated carbocycles. The van der Waals surface area contributed by atoms with Gasteiger partial charge in [0.15, 0.2) is 0 Å². The van der Waals surface area contributed by atoms with Crippen LogP contribution in [0.1, 0.15) is 26.7 Å². The number of nitrogens with two attached hydrogens (primary N) is 1. The number of nitrogens with one attached hydrogen (secondary N) is 1. The Morgan fingerprint density at radius 1 is 1.39 bits per heavy atom. The first kappa shape index (κ1) is 16.7. The zero-order valence-corrected chi connectivity index (χ0v) is 11.8. The van der Waals surface area contributed by atoms with Gasteiger partial charge in [0, 0.05) is 13.1 Å². The van der Waals surface area contributed by atoms with Crippen LogP contribution in [0.2, 0.25) is 0 Å². The molecule has 0 aliphatic carbocycles. The summed E-state index contributed by atoms with van der Waals surface area (Å²) in [6.07, 6.45) is 1.80. The van der Waals surface area contributed by atoms with Crippen LogP contribution in [-0.2, 0) is 0 Å². The van der Waals surface area contributed by atoms with Crippen molar-refractivity contribution < 1.29 is 27.3 Å². The van der Waals surface area contributed by atoms with Gasteiger partial charge in [-0.25, -0.2) is 4.79 Å². The van der Waals surface area contributed by atoms with Crippen LogP contribution in [0.3, 0.4) is 0 Å². The van der Waals surface area contributed by atoms with E-state index in [0.717, 1.165) is 18.5 Å². The van der Waals surface area contributed by atoms with Crippen molar-refractivity contribution in [2.45, 2.75) is 32.7 Å². The Morgan fingerprint density at radius 3 is 2.61 bits per heavy atom. The highest BCUT2D eigenvalue weighted by Gasteiger charge is 2.09. The summed E-state index contributed by atoms with van der Waals surface area (Å²) in [7, 11) is 1.54. The van der Waals surface area contributed by atoms with Crippen molar-refractivity contribution in [3.63, 3.8) is 0 Å². The molecule has 0 aromatic heterocycles. The van der Waals surface area contributed by atoms with Crippen molar-refractivity contribution in [3.05, 3.63) is 24.3 Å². The van der Waals surface area contributed by atoms with Gasteiger partial charge in [-0.3, -0.25) is 0 Å². The van der Waals surface area contributed by atoms with Crippen LogP contribution in [0.4, 0.5) is 10.5 Å². The SMILES string of the molecule is CCC(CC)[NH2+]c1cccc(OC(=O)NC)c1.[Cl-]. The van der Waals surface area contributed by atoms with Crippen LogP contribution in [0.15, 0.2) is 24.3 Å². The van der Waals surface area contributed by atoms with Gasteiger partial charge in [0.1, 0.15) is 11.4 Å². The fraction of sp³-hybridized carbons (Fsp3) is 0.462. The van der Waals surface area contributed by atoms with Crippen molar-refractivity contribution in [1.82, 2.24) is 5.32 Å². The van der Waals surface area contributed by atoms with Crippen molar-refractivity contribution >= 4 is 11.8 Å². The van der Waals surface area contributed by atoms with Crippen molar-refractivity contribution in [2.24, 2.45) is 0 Å². The van der Waals surface area contributed by atoms with Crippen molar-refractivity contribution in [2.75, 3.05) is 7.05 Å². The monoisotopic (exact) mass is 272 g/mol. The smallest absolute Gasteiger partial charge is 0.412 e. The van der Waals surface area contributed by atoms with Crippen LogP contribution in [0.25, 0.3) is 0 Å². The van der Waals surface area contributed by atoms with Gasteiger partial charge >= 0.3 is 6.09 Å². The van der Waals surface area contributed by atoms with E-state index in [9.17, 15) is 4.79 Å². The maximum atomic E-state index is 11.1. The third-order valence-electron chi connectivity index (χ3n) is 2.75. The lowest BCUT2D eigenvalue weighted by Gasteiger charge is -2.11. The highest BCUT2D eigenvalue weighted by molar-refractivity contribution is 5.70.